The highest BCUT2D eigenvalue weighted by molar-refractivity contribution is 6.30. The third kappa shape index (κ3) is 4.52. The second-order valence-corrected chi connectivity index (χ2v) is 6.21. The normalized spacial score (nSPS) is 11.7. The lowest BCUT2D eigenvalue weighted by atomic mass is 10.1. The number of benzene rings is 2. The van der Waals surface area contributed by atoms with Crippen molar-refractivity contribution in [1.82, 2.24) is 9.97 Å². The number of nitrogens with zero attached hydrogens (tertiary/aromatic N) is 2. The number of rotatable bonds is 5. The van der Waals surface area contributed by atoms with Crippen molar-refractivity contribution in [2.45, 2.75) is 6.10 Å². The first kappa shape index (κ1) is 18.6. The van der Waals surface area contributed by atoms with E-state index in [1.54, 1.807) is 55.6 Å². The number of anilines is 3. The fraction of sp³-hybridized carbons (Fsp3) is 0.105. The van der Waals surface area contributed by atoms with Crippen molar-refractivity contribution in [3.63, 3.8) is 0 Å². The summed E-state index contributed by atoms with van der Waals surface area (Å²) >= 11 is 5.83. The van der Waals surface area contributed by atoms with Crippen LogP contribution >= 0.6 is 11.6 Å². The van der Waals surface area contributed by atoms with Gasteiger partial charge in [0.15, 0.2) is 6.10 Å². The largest absolute Gasteiger partial charge is 0.378 e. The number of hydrogen-bond acceptors (Lipinski definition) is 6. The molecule has 2 aromatic carbocycles. The summed E-state index contributed by atoms with van der Waals surface area (Å²) in [7, 11) is 1.74. The monoisotopic (exact) mass is 383 g/mol. The number of carbonyl (C=O) groups is 1. The van der Waals surface area contributed by atoms with E-state index in [-0.39, 0.29) is 5.95 Å². The number of aliphatic hydroxyl groups excluding tert-OH is 1. The second-order valence-electron chi connectivity index (χ2n) is 5.77. The Morgan fingerprint density at radius 2 is 1.89 bits per heavy atom. The summed E-state index contributed by atoms with van der Waals surface area (Å²) < 4.78 is 0. The van der Waals surface area contributed by atoms with E-state index in [9.17, 15) is 9.90 Å². The molecule has 27 heavy (non-hydrogen) atoms. The molecule has 3 aromatic rings. The Morgan fingerprint density at radius 3 is 2.59 bits per heavy atom. The highest BCUT2D eigenvalue weighted by Crippen LogP contribution is 2.24. The molecule has 0 bridgehead atoms. The first-order valence-corrected chi connectivity index (χ1v) is 8.51. The molecule has 8 heteroatoms. The fourth-order valence-electron chi connectivity index (χ4n) is 2.51. The van der Waals surface area contributed by atoms with E-state index in [1.807, 2.05) is 6.07 Å². The molecule has 0 aliphatic heterocycles. The van der Waals surface area contributed by atoms with Crippen LogP contribution in [0.2, 0.25) is 5.02 Å². The number of halogens is 1. The van der Waals surface area contributed by atoms with Crippen molar-refractivity contribution in [3.8, 4) is 11.3 Å². The molecule has 0 saturated carbocycles. The first-order chi connectivity index (χ1) is 13.0. The molecule has 3 rings (SSSR count). The molecule has 138 valence electrons. The van der Waals surface area contributed by atoms with Gasteiger partial charge in [-0.15, -0.1) is 0 Å². The molecule has 0 radical (unpaired) electrons. The minimum atomic E-state index is -1.31. The Bertz CT molecular complexity index is 963. The molecule has 1 amide bonds. The van der Waals surface area contributed by atoms with Crippen molar-refractivity contribution in [2.75, 3.05) is 23.4 Å². The smallest absolute Gasteiger partial charge is 0.257 e. The van der Waals surface area contributed by atoms with Gasteiger partial charge in [0.2, 0.25) is 5.95 Å². The van der Waals surface area contributed by atoms with Crippen molar-refractivity contribution in [2.24, 2.45) is 0 Å². The average molecular weight is 384 g/mol. The van der Waals surface area contributed by atoms with Gasteiger partial charge >= 0.3 is 0 Å². The van der Waals surface area contributed by atoms with Crippen molar-refractivity contribution in [3.05, 3.63) is 65.2 Å². The molecule has 0 aliphatic rings. The van der Waals surface area contributed by atoms with Crippen LogP contribution < -0.4 is 16.4 Å². The summed E-state index contributed by atoms with van der Waals surface area (Å²) in [5.41, 5.74) is 8.07. The van der Waals surface area contributed by atoms with Gasteiger partial charge in [-0.3, -0.25) is 4.79 Å². The topological polar surface area (TPSA) is 113 Å². The lowest BCUT2D eigenvalue weighted by Crippen LogP contribution is -2.20. The van der Waals surface area contributed by atoms with Gasteiger partial charge in [-0.05, 0) is 29.8 Å². The van der Waals surface area contributed by atoms with Crippen LogP contribution in [0, 0.1) is 0 Å². The van der Waals surface area contributed by atoms with Gasteiger partial charge in [-0.25, -0.2) is 4.98 Å². The van der Waals surface area contributed by atoms with Gasteiger partial charge < -0.3 is 21.5 Å². The minimum absolute atomic E-state index is 0.143. The molecule has 7 nitrogen and oxygen atoms in total. The number of nitrogens with one attached hydrogen (secondary N) is 2. The number of hydrogen-bond donors (Lipinski definition) is 4. The number of nitrogens with two attached hydrogens (primary N) is 1. The Morgan fingerprint density at radius 1 is 1.15 bits per heavy atom. The summed E-state index contributed by atoms with van der Waals surface area (Å²) in [6.07, 6.45) is -1.31. The van der Waals surface area contributed by atoms with Gasteiger partial charge in [-0.1, -0.05) is 35.9 Å². The van der Waals surface area contributed by atoms with Gasteiger partial charge in [0.25, 0.3) is 5.91 Å². The Labute approximate surface area is 161 Å². The Kier molecular flexibility index (Phi) is 5.54. The van der Waals surface area contributed by atoms with E-state index >= 15 is 0 Å². The van der Waals surface area contributed by atoms with E-state index < -0.39 is 12.0 Å². The molecule has 0 spiro atoms. The molecule has 0 saturated heterocycles. The molecule has 1 unspecified atom stereocenters. The van der Waals surface area contributed by atoms with Crippen molar-refractivity contribution < 1.29 is 9.90 Å². The maximum atomic E-state index is 12.4. The SMILES string of the molecule is CNc1cc(-c2cccc(NC(=O)C(O)c3ccc(Cl)cc3)c2)nc(N)n1. The lowest BCUT2D eigenvalue weighted by Gasteiger charge is -2.13. The lowest BCUT2D eigenvalue weighted by molar-refractivity contribution is -0.124. The van der Waals surface area contributed by atoms with Crippen LogP contribution in [0.3, 0.4) is 0 Å². The summed E-state index contributed by atoms with van der Waals surface area (Å²) in [5.74, 6) is 0.183. The van der Waals surface area contributed by atoms with E-state index in [0.29, 0.717) is 27.8 Å². The van der Waals surface area contributed by atoms with Gasteiger partial charge in [0, 0.05) is 29.4 Å². The predicted octanol–water partition coefficient (Wildman–Crippen LogP) is 3.09. The maximum absolute atomic E-state index is 12.4. The Balaban J connectivity index is 1.80. The molecular weight excluding hydrogens is 366 g/mol. The molecule has 1 heterocycles. The standard InChI is InChI=1S/C19H18ClN5O2/c1-22-16-10-15(24-19(21)25-16)12-3-2-4-14(9-12)23-18(27)17(26)11-5-7-13(20)8-6-11/h2-10,17,26H,1H3,(H,23,27)(H3,21,22,24,25). The van der Waals surface area contributed by atoms with Crippen LogP contribution in [0.25, 0.3) is 11.3 Å². The summed E-state index contributed by atoms with van der Waals surface area (Å²) in [4.78, 5) is 20.6. The zero-order valence-electron chi connectivity index (χ0n) is 14.5. The second kappa shape index (κ2) is 8.03. The number of aromatic nitrogens is 2. The van der Waals surface area contributed by atoms with Crippen LogP contribution in [-0.4, -0.2) is 28.0 Å². The van der Waals surface area contributed by atoms with E-state index in [1.165, 1.54) is 0 Å². The highest BCUT2D eigenvalue weighted by Gasteiger charge is 2.17. The third-order valence-corrected chi connectivity index (χ3v) is 4.11. The summed E-state index contributed by atoms with van der Waals surface area (Å²) in [5, 5.41) is 16.4. The van der Waals surface area contributed by atoms with Crippen molar-refractivity contribution in [1.29, 1.82) is 0 Å². The summed E-state index contributed by atoms with van der Waals surface area (Å²) in [6, 6.07) is 15.3. The minimum Gasteiger partial charge on any atom is -0.378 e. The number of nitrogen functional groups attached to an aromatic ring is 1. The van der Waals surface area contributed by atoms with Crippen molar-refractivity contribution >= 4 is 35.0 Å². The average Bonchev–Trinajstić information content (AvgIpc) is 2.67. The van der Waals surface area contributed by atoms with Crippen LogP contribution in [0.4, 0.5) is 17.5 Å². The van der Waals surface area contributed by atoms with Gasteiger partial charge in [-0.2, -0.15) is 4.98 Å². The zero-order chi connectivity index (χ0) is 19.4. The van der Waals surface area contributed by atoms with Gasteiger partial charge in [0.05, 0.1) is 5.69 Å². The molecular formula is C19H18ClN5O2. The molecule has 1 atom stereocenters. The first-order valence-electron chi connectivity index (χ1n) is 8.13. The van der Waals surface area contributed by atoms with Crippen LogP contribution in [0.1, 0.15) is 11.7 Å². The van der Waals surface area contributed by atoms with Gasteiger partial charge in [0.1, 0.15) is 5.82 Å². The predicted molar refractivity (Wildman–Crippen MR) is 106 cm³/mol. The number of aliphatic hydroxyl groups is 1. The quantitative estimate of drug-likeness (QED) is 0.538. The number of amides is 1. The highest BCUT2D eigenvalue weighted by atomic mass is 35.5. The molecule has 5 N–H and O–H groups in total. The van der Waals surface area contributed by atoms with E-state index in [0.717, 1.165) is 5.56 Å². The molecule has 0 aliphatic carbocycles. The van der Waals surface area contributed by atoms with E-state index in [4.69, 9.17) is 17.3 Å². The maximum Gasteiger partial charge on any atom is 0.257 e. The number of carbonyl (C=O) groups excluding carboxylic acids is 1. The van der Waals surface area contributed by atoms with Crippen LogP contribution in [0.15, 0.2) is 54.6 Å². The molecule has 0 fully saturated rings. The summed E-state index contributed by atoms with van der Waals surface area (Å²) in [6.45, 7) is 0. The van der Waals surface area contributed by atoms with E-state index in [2.05, 4.69) is 20.6 Å². The molecule has 1 aromatic heterocycles. The third-order valence-electron chi connectivity index (χ3n) is 3.86. The zero-order valence-corrected chi connectivity index (χ0v) is 15.2. The Hall–Kier alpha value is -3.16. The fourth-order valence-corrected chi connectivity index (χ4v) is 2.63. The van der Waals surface area contributed by atoms with Crippen LogP contribution in [0.5, 0.6) is 0 Å². The van der Waals surface area contributed by atoms with Crippen LogP contribution in [-0.2, 0) is 4.79 Å².